The number of nitrogens with one attached hydrogen (secondary N) is 3. The Hall–Kier alpha value is -4.92. The molecule has 3 N–H and O–H groups in total. The lowest BCUT2D eigenvalue weighted by atomic mass is 9.91. The molecular formula is C31H27F2N7. The van der Waals surface area contributed by atoms with Crippen LogP contribution in [-0.4, -0.2) is 30.1 Å². The predicted octanol–water partition coefficient (Wildman–Crippen LogP) is 7.87. The number of halogens is 2. The van der Waals surface area contributed by atoms with Gasteiger partial charge >= 0.3 is 0 Å². The van der Waals surface area contributed by atoms with Gasteiger partial charge in [-0.25, -0.2) is 13.8 Å². The van der Waals surface area contributed by atoms with E-state index in [2.05, 4.69) is 57.8 Å². The van der Waals surface area contributed by atoms with Gasteiger partial charge in [-0.05, 0) is 42.2 Å². The monoisotopic (exact) mass is 535 g/mol. The number of anilines is 1. The van der Waals surface area contributed by atoms with Gasteiger partial charge in [0.1, 0.15) is 22.8 Å². The highest BCUT2D eigenvalue weighted by atomic mass is 19.1. The number of benzene rings is 2. The quantitative estimate of drug-likeness (QED) is 0.202. The number of hydrogen-bond acceptors (Lipinski definition) is 5. The molecule has 0 radical (unpaired) electrons. The second-order valence-electron chi connectivity index (χ2n) is 11.0. The summed E-state index contributed by atoms with van der Waals surface area (Å²) < 4.78 is 29.2. The maximum absolute atomic E-state index is 15.3. The molecule has 0 fully saturated rings. The van der Waals surface area contributed by atoms with E-state index in [1.807, 2.05) is 6.07 Å². The maximum atomic E-state index is 15.3. The average molecular weight is 536 g/mol. The summed E-state index contributed by atoms with van der Waals surface area (Å²) in [6, 6.07) is 13.0. The van der Waals surface area contributed by atoms with Gasteiger partial charge in [-0.15, -0.1) is 0 Å². The Morgan fingerprint density at radius 2 is 1.82 bits per heavy atom. The van der Waals surface area contributed by atoms with Crippen LogP contribution in [0.1, 0.15) is 27.2 Å². The normalized spacial score (nSPS) is 11.8. The van der Waals surface area contributed by atoms with E-state index in [4.69, 9.17) is 4.98 Å². The maximum Gasteiger partial charge on any atom is 0.159 e. The summed E-state index contributed by atoms with van der Waals surface area (Å²) in [5.41, 5.74) is 6.19. The Morgan fingerprint density at radius 3 is 2.62 bits per heavy atom. The molecule has 4 aromatic heterocycles. The van der Waals surface area contributed by atoms with Gasteiger partial charge in [0.2, 0.25) is 0 Å². The zero-order chi connectivity index (χ0) is 28.0. The van der Waals surface area contributed by atoms with E-state index >= 15 is 4.39 Å². The van der Waals surface area contributed by atoms with Gasteiger partial charge in [0.05, 0.1) is 28.6 Å². The van der Waals surface area contributed by atoms with Crippen molar-refractivity contribution in [3.05, 3.63) is 91.0 Å². The number of fused-ring (bicyclic) bond motifs is 2. The van der Waals surface area contributed by atoms with E-state index in [9.17, 15) is 4.39 Å². The Kier molecular flexibility index (Phi) is 6.14. The molecule has 6 rings (SSSR count). The zero-order valence-corrected chi connectivity index (χ0v) is 22.3. The number of aromatic nitrogens is 6. The van der Waals surface area contributed by atoms with Crippen molar-refractivity contribution in [3.8, 4) is 33.9 Å². The lowest BCUT2D eigenvalue weighted by Gasteiger charge is -2.20. The zero-order valence-electron chi connectivity index (χ0n) is 22.3. The van der Waals surface area contributed by atoms with Gasteiger partial charge in [-0.3, -0.25) is 15.1 Å². The molecule has 40 heavy (non-hydrogen) atoms. The van der Waals surface area contributed by atoms with Crippen molar-refractivity contribution >= 4 is 27.6 Å². The number of imidazole rings is 1. The van der Waals surface area contributed by atoms with E-state index in [1.54, 1.807) is 42.9 Å². The van der Waals surface area contributed by atoms with Crippen molar-refractivity contribution in [2.75, 3.05) is 5.32 Å². The van der Waals surface area contributed by atoms with Crippen molar-refractivity contribution < 1.29 is 8.78 Å². The molecule has 0 bridgehead atoms. The summed E-state index contributed by atoms with van der Waals surface area (Å²) >= 11 is 0. The third-order valence-corrected chi connectivity index (χ3v) is 6.49. The second kappa shape index (κ2) is 9.68. The fraction of sp³-hybridized carbons (Fsp3) is 0.161. The minimum absolute atomic E-state index is 0.0781. The highest BCUT2D eigenvalue weighted by Gasteiger charge is 2.19. The van der Waals surface area contributed by atoms with Gasteiger partial charge in [-0.2, -0.15) is 5.10 Å². The van der Waals surface area contributed by atoms with Crippen LogP contribution in [-0.2, 0) is 0 Å². The summed E-state index contributed by atoms with van der Waals surface area (Å²) in [6.45, 7) is 10.5. The highest BCUT2D eigenvalue weighted by molar-refractivity contribution is 5.97. The molecule has 0 aliphatic heterocycles. The van der Waals surface area contributed by atoms with Crippen LogP contribution in [0.25, 0.3) is 55.8 Å². The van der Waals surface area contributed by atoms with Gasteiger partial charge in [-0.1, -0.05) is 39.5 Å². The predicted molar refractivity (Wildman–Crippen MR) is 154 cm³/mol. The summed E-state index contributed by atoms with van der Waals surface area (Å²) in [7, 11) is 0. The van der Waals surface area contributed by atoms with Crippen LogP contribution in [0, 0.1) is 17.0 Å². The first-order valence-corrected chi connectivity index (χ1v) is 12.8. The standard InChI is InChI=1S/C31H27F2N7/c1-17(14-31(2,3)4)36-21-11-19(15-34-16-21)22-12-23-26(13-24(22)33)39-40-28(23)30-37-25-8-9-35-27(29(25)38-30)18-6-5-7-20(32)10-18/h5-13,15-16,36H,1,14H2,2-4H3,(H,37,38)(H,39,40). The smallest absolute Gasteiger partial charge is 0.159 e. The molecule has 0 amide bonds. The molecular weight excluding hydrogens is 508 g/mol. The Morgan fingerprint density at radius 1 is 0.975 bits per heavy atom. The lowest BCUT2D eigenvalue weighted by Crippen LogP contribution is -2.10. The average Bonchev–Trinajstić information content (AvgIpc) is 3.50. The van der Waals surface area contributed by atoms with Crippen LogP contribution in [0.15, 0.2) is 79.4 Å². The minimum atomic E-state index is -0.405. The topological polar surface area (TPSA) is 95.2 Å². The number of pyridine rings is 2. The van der Waals surface area contributed by atoms with Crippen LogP contribution in [0.2, 0.25) is 0 Å². The van der Waals surface area contributed by atoms with E-state index in [0.717, 1.165) is 23.3 Å². The lowest BCUT2D eigenvalue weighted by molar-refractivity contribution is 0.411. The molecule has 0 aliphatic carbocycles. The summed E-state index contributed by atoms with van der Waals surface area (Å²) in [6.07, 6.45) is 5.74. The molecule has 9 heteroatoms. The molecule has 0 unspecified atom stereocenters. The first kappa shape index (κ1) is 25.4. The third kappa shape index (κ3) is 4.93. The molecule has 0 atom stereocenters. The van der Waals surface area contributed by atoms with Crippen molar-refractivity contribution in [2.24, 2.45) is 5.41 Å². The van der Waals surface area contributed by atoms with E-state index in [0.29, 0.717) is 50.3 Å². The summed E-state index contributed by atoms with van der Waals surface area (Å²) in [5, 5.41) is 11.3. The van der Waals surface area contributed by atoms with E-state index in [-0.39, 0.29) is 11.2 Å². The highest BCUT2D eigenvalue weighted by Crippen LogP contribution is 2.34. The number of H-pyrrole nitrogens is 2. The van der Waals surface area contributed by atoms with Crippen LogP contribution < -0.4 is 5.32 Å². The van der Waals surface area contributed by atoms with Gasteiger partial charge in [0.25, 0.3) is 0 Å². The number of aromatic amines is 2. The molecule has 0 aliphatic rings. The van der Waals surface area contributed by atoms with Crippen LogP contribution >= 0.6 is 0 Å². The Balaban J connectivity index is 1.40. The molecule has 0 spiro atoms. The fourth-order valence-corrected chi connectivity index (χ4v) is 4.88. The molecule has 0 saturated heterocycles. The van der Waals surface area contributed by atoms with Crippen molar-refractivity contribution in [3.63, 3.8) is 0 Å². The molecule has 0 saturated carbocycles. The molecule has 6 aromatic rings. The second-order valence-corrected chi connectivity index (χ2v) is 11.0. The van der Waals surface area contributed by atoms with Crippen LogP contribution in [0.4, 0.5) is 14.5 Å². The van der Waals surface area contributed by atoms with Crippen molar-refractivity contribution in [2.45, 2.75) is 27.2 Å². The SMILES string of the molecule is C=C(CC(C)(C)C)Nc1cncc(-c2cc3c(-c4nc5c(-c6cccc(F)c6)nccc5[nH]4)n[nH]c3cc2F)c1. The van der Waals surface area contributed by atoms with Crippen molar-refractivity contribution in [1.29, 1.82) is 0 Å². The minimum Gasteiger partial charge on any atom is -0.358 e. The molecule has 200 valence electrons. The van der Waals surface area contributed by atoms with E-state index in [1.165, 1.54) is 18.2 Å². The third-order valence-electron chi connectivity index (χ3n) is 6.49. The van der Waals surface area contributed by atoms with E-state index < -0.39 is 5.82 Å². The van der Waals surface area contributed by atoms with Gasteiger partial charge in [0.15, 0.2) is 5.82 Å². The van der Waals surface area contributed by atoms with Gasteiger partial charge < -0.3 is 10.3 Å². The largest absolute Gasteiger partial charge is 0.358 e. The van der Waals surface area contributed by atoms with Gasteiger partial charge in [0, 0.05) is 46.2 Å². The number of hydrogen-bond donors (Lipinski definition) is 3. The van der Waals surface area contributed by atoms with Crippen molar-refractivity contribution in [1.82, 2.24) is 30.1 Å². The van der Waals surface area contributed by atoms with Crippen LogP contribution in [0.3, 0.4) is 0 Å². The molecule has 2 aromatic carbocycles. The Labute approximate surface area is 229 Å². The number of rotatable bonds is 6. The first-order chi connectivity index (χ1) is 19.1. The molecule has 4 heterocycles. The number of nitrogens with zero attached hydrogens (tertiary/aromatic N) is 4. The molecule has 7 nitrogen and oxygen atoms in total. The first-order valence-electron chi connectivity index (χ1n) is 12.8. The Bertz CT molecular complexity index is 1900. The van der Waals surface area contributed by atoms with Crippen LogP contribution in [0.5, 0.6) is 0 Å². The summed E-state index contributed by atoms with van der Waals surface area (Å²) in [5.74, 6) is -0.277. The number of allylic oxidation sites excluding steroid dienone is 1. The summed E-state index contributed by atoms with van der Waals surface area (Å²) in [4.78, 5) is 16.8. The fourth-order valence-electron chi connectivity index (χ4n) is 4.88.